The van der Waals surface area contributed by atoms with Crippen molar-refractivity contribution >= 4 is 89.3 Å². The molecule has 6 aliphatic rings. The Balaban J connectivity index is 0.000000252. The molecule has 564 valence electrons. The third-order valence-electron chi connectivity index (χ3n) is 17.7. The van der Waals surface area contributed by atoms with E-state index in [1.165, 1.54) is 25.1 Å². The van der Waals surface area contributed by atoms with E-state index in [1.54, 1.807) is 81.9 Å². The molecular formula is C65H104Cl2N10O21P2. The molecule has 8 heterocycles. The average molecular weight is 1490 g/mol. The van der Waals surface area contributed by atoms with Gasteiger partial charge in [-0.3, -0.25) is 9.80 Å². The summed E-state index contributed by atoms with van der Waals surface area (Å²) >= 11 is 13.1. The van der Waals surface area contributed by atoms with Crippen molar-refractivity contribution in [1.82, 2.24) is 39.5 Å². The van der Waals surface area contributed by atoms with Gasteiger partial charge < -0.3 is 85.3 Å². The molecule has 4 aromatic rings. The van der Waals surface area contributed by atoms with Crippen molar-refractivity contribution in [3.05, 3.63) is 23.0 Å². The zero-order valence-corrected chi connectivity index (χ0v) is 63.2. The van der Waals surface area contributed by atoms with Crippen LogP contribution in [0.25, 0.3) is 22.1 Å². The number of ether oxygens (including phenoxy) is 15. The first-order chi connectivity index (χ1) is 46.4. The monoisotopic (exact) mass is 1490 g/mol. The van der Waals surface area contributed by atoms with Crippen LogP contribution in [-0.2, 0) is 85.0 Å². The number of aliphatic hydroxyl groups is 1. The van der Waals surface area contributed by atoms with Crippen LogP contribution in [0.15, 0.2) is 12.4 Å². The van der Waals surface area contributed by atoms with Crippen molar-refractivity contribution in [2.45, 2.75) is 230 Å². The molecule has 0 aromatic carbocycles. The van der Waals surface area contributed by atoms with Gasteiger partial charge in [-0.2, -0.15) is 30.1 Å². The van der Waals surface area contributed by atoms with Gasteiger partial charge in [0.2, 0.25) is 15.9 Å². The molecule has 100 heavy (non-hydrogen) atoms. The van der Waals surface area contributed by atoms with E-state index < -0.39 is 122 Å². The molecule has 0 radical (unpaired) electrons. The minimum Gasteiger partial charge on any atom is -0.463 e. The molecule has 31 nitrogen and oxygen atoms in total. The molecule has 2 amide bonds. The van der Waals surface area contributed by atoms with Crippen LogP contribution in [0.4, 0.5) is 21.2 Å². The molecule has 2 unspecified atom stereocenters. The van der Waals surface area contributed by atoms with Crippen LogP contribution in [0.2, 0.25) is 10.6 Å². The van der Waals surface area contributed by atoms with Crippen molar-refractivity contribution in [3.63, 3.8) is 0 Å². The first kappa shape index (κ1) is 81.3. The lowest BCUT2D eigenvalue weighted by Crippen LogP contribution is -2.49. The number of carbonyl (C=O) groups excluding carboxylic acids is 3. The van der Waals surface area contributed by atoms with Crippen LogP contribution in [0.3, 0.4) is 0 Å². The van der Waals surface area contributed by atoms with E-state index in [4.69, 9.17) is 94.3 Å². The average Bonchev–Trinajstić information content (AvgIpc) is 1.58. The largest absolute Gasteiger partial charge is 0.463 e. The van der Waals surface area contributed by atoms with Gasteiger partial charge in [0, 0.05) is 26.3 Å². The molecule has 4 saturated heterocycles. The number of carbonyl (C=O) groups is 3. The predicted molar refractivity (Wildman–Crippen MR) is 370 cm³/mol. The number of hydrogen-bond acceptors (Lipinski definition) is 27. The molecule has 0 spiro atoms. The minimum absolute atomic E-state index is 0. The maximum absolute atomic E-state index is 13.8. The summed E-state index contributed by atoms with van der Waals surface area (Å²) in [6, 6.07) is -0.277. The van der Waals surface area contributed by atoms with Crippen molar-refractivity contribution in [3.8, 4) is 0 Å². The topological polar surface area (TPSA) is 338 Å². The molecule has 4 aromatic heterocycles. The first-order valence-electron chi connectivity index (χ1n) is 33.6. The Hall–Kier alpha value is -4.37. The zero-order valence-electron chi connectivity index (χ0n) is 59.9. The van der Waals surface area contributed by atoms with Crippen LogP contribution >= 0.6 is 37.5 Å². The van der Waals surface area contributed by atoms with E-state index in [0.29, 0.717) is 34.5 Å². The Bertz CT molecular complexity index is 3550. The van der Waals surface area contributed by atoms with Crippen LogP contribution < -0.4 is 9.80 Å². The summed E-state index contributed by atoms with van der Waals surface area (Å²) in [6.45, 7) is 25.4. The second-order valence-electron chi connectivity index (χ2n) is 29.1. The Morgan fingerprint density at radius 2 is 1.02 bits per heavy atom. The quantitative estimate of drug-likeness (QED) is 0.0191. The lowest BCUT2D eigenvalue weighted by molar-refractivity contribution is -0.209. The second-order valence-corrected chi connectivity index (χ2v) is 36.8. The zero-order chi connectivity index (χ0) is 72.4. The maximum atomic E-state index is 13.8. The molecule has 10 atom stereocenters. The molecule has 6 fully saturated rings. The highest BCUT2D eigenvalue weighted by molar-refractivity contribution is 7.65. The standard InChI is InChI=1S/C33H51ClN5O11P.C31H49ClN5O10P.CH4/c1-10-45-28(40)33(51(8,9)42,19-44-16-15-43-7)46-18-22-23-24(49-32(5,6)48-23)27(47-22)39-26-21(17-35-39)25(36-29(34)37-26)38(20-13-11-12-14-20)30(41)50-31(2,3)4;1-29(2,3)47-28(39)36(19-11-9-10-12-19)24-20-15-33-37(25(20)35-27(32)34-24)26-23-22(45-30(4,5)46-23)21(44-26)16-43-31(17-38,48(7,8)40)18-42-14-13-41-6;/h17,20,22-24,27H,10-16,18-19H2,1-9H3;15,19,21-23,26,38H,9-14,16-18H2,1-8H3;1H4/t22-,23-,24-,27-,33?;21-,22-,23-,26-,31?;/m11./s1. The summed E-state index contributed by atoms with van der Waals surface area (Å²) in [6.07, 6.45) is 3.13. The number of aromatic nitrogens is 8. The van der Waals surface area contributed by atoms with Gasteiger partial charge >= 0.3 is 18.2 Å². The van der Waals surface area contributed by atoms with Crippen molar-refractivity contribution in [2.24, 2.45) is 0 Å². The summed E-state index contributed by atoms with van der Waals surface area (Å²) in [5.41, 5.74) is -0.834. The van der Waals surface area contributed by atoms with Gasteiger partial charge in [0.1, 0.15) is 62.1 Å². The van der Waals surface area contributed by atoms with E-state index in [-0.39, 0.29) is 88.8 Å². The fourth-order valence-corrected chi connectivity index (χ4v) is 15.7. The lowest BCUT2D eigenvalue weighted by atomic mass is 10.1. The maximum Gasteiger partial charge on any atom is 0.416 e. The van der Waals surface area contributed by atoms with E-state index in [9.17, 15) is 28.6 Å². The number of esters is 1. The summed E-state index contributed by atoms with van der Waals surface area (Å²) in [7, 11) is -3.38. The first-order valence-corrected chi connectivity index (χ1v) is 39.5. The van der Waals surface area contributed by atoms with E-state index in [0.717, 1.165) is 51.4 Å². The highest BCUT2D eigenvalue weighted by Crippen LogP contribution is 2.56. The van der Waals surface area contributed by atoms with E-state index in [1.807, 2.05) is 41.5 Å². The van der Waals surface area contributed by atoms with Gasteiger partial charge in [-0.25, -0.2) is 23.7 Å². The van der Waals surface area contributed by atoms with Gasteiger partial charge in [0.15, 0.2) is 52.3 Å². The summed E-state index contributed by atoms with van der Waals surface area (Å²) in [5.74, 6) is -2.20. The highest BCUT2D eigenvalue weighted by atomic mass is 35.5. The third kappa shape index (κ3) is 18.3. The number of hydrogen-bond donors (Lipinski definition) is 1. The Morgan fingerprint density at radius 3 is 1.39 bits per heavy atom. The third-order valence-corrected chi connectivity index (χ3v) is 22.6. The lowest BCUT2D eigenvalue weighted by Gasteiger charge is -2.36. The number of amides is 2. The fraction of sp³-hybridized carbons (Fsp3) is 0.800. The van der Waals surface area contributed by atoms with E-state index >= 15 is 0 Å². The van der Waals surface area contributed by atoms with Crippen LogP contribution in [0.5, 0.6) is 0 Å². The Morgan fingerprint density at radius 1 is 0.620 bits per heavy atom. The van der Waals surface area contributed by atoms with Gasteiger partial charge in [-0.1, -0.05) is 33.1 Å². The Kier molecular flexibility index (Phi) is 26.5. The molecule has 0 bridgehead atoms. The number of fused-ring (bicyclic) bond motifs is 4. The predicted octanol–water partition coefficient (Wildman–Crippen LogP) is 10.4. The summed E-state index contributed by atoms with van der Waals surface area (Å²) in [4.78, 5) is 61.9. The second kappa shape index (κ2) is 32.6. The van der Waals surface area contributed by atoms with Crippen molar-refractivity contribution in [2.75, 3.05) is 117 Å². The van der Waals surface area contributed by atoms with Gasteiger partial charge in [0.25, 0.3) is 0 Å². The number of nitrogens with zero attached hydrogens (tertiary/aromatic N) is 10. The highest BCUT2D eigenvalue weighted by Gasteiger charge is 2.61. The normalized spacial score (nSPS) is 25.0. The number of aliphatic hydroxyl groups excluding tert-OH is 1. The molecule has 10 rings (SSSR count). The SMILES string of the molecule is C.CCOC(=O)C(COCCOC)(OC[C@H]1O[C@@H](n2ncc3c(N(C(=O)OC(C)(C)C)C4CCCC4)nc(Cl)nc32)[C@@H]2OC(C)(C)O[C@@H]21)P(C)(C)=O.COCCOCC(CO)(OC[C@H]1O[C@@H](n2ncc3c(N(C(=O)OC(C)(C)C)C4CCCC4)nc(Cl)nc32)[C@@H]2OC(C)(C)O[C@@H]21)P(C)(C)=O. The van der Waals surface area contributed by atoms with Gasteiger partial charge in [-0.15, -0.1) is 0 Å². The molecule has 1 N–H and O–H groups in total. The smallest absolute Gasteiger partial charge is 0.416 e. The van der Waals surface area contributed by atoms with Crippen molar-refractivity contribution in [1.29, 1.82) is 0 Å². The number of halogens is 2. The van der Waals surface area contributed by atoms with Crippen LogP contribution in [-0.4, -0.2) is 252 Å². The minimum atomic E-state index is -3.38. The molecule has 35 heteroatoms. The molecule has 2 aliphatic carbocycles. The number of methoxy groups -OCH3 is 2. The fourth-order valence-electron chi connectivity index (χ4n) is 13.0. The van der Waals surface area contributed by atoms with E-state index in [2.05, 4.69) is 30.1 Å². The van der Waals surface area contributed by atoms with Crippen LogP contribution in [0, 0.1) is 0 Å². The van der Waals surface area contributed by atoms with Crippen molar-refractivity contribution < 1.29 is 99.7 Å². The molecule has 4 aliphatic heterocycles. The molecular weight excluding hydrogens is 1390 g/mol. The summed E-state index contributed by atoms with van der Waals surface area (Å²) < 4.78 is 120. The van der Waals surface area contributed by atoms with Crippen LogP contribution in [0.1, 0.15) is 147 Å². The molecule has 2 saturated carbocycles. The van der Waals surface area contributed by atoms with Gasteiger partial charge in [0.05, 0.1) is 89.2 Å². The number of anilines is 2. The number of rotatable bonds is 27. The summed E-state index contributed by atoms with van der Waals surface area (Å²) in [5, 5.41) is 17.1. The Labute approximate surface area is 595 Å². The van der Waals surface area contributed by atoms with Gasteiger partial charge in [-0.05, 0) is 152 Å².